The SMILES string of the molecule is COC1(CC(=O)N2CCC(C(O)c3nccn3C)CC2)CCC1. The van der Waals surface area contributed by atoms with Gasteiger partial charge in [0.25, 0.3) is 0 Å². The van der Waals surface area contributed by atoms with Crippen molar-refractivity contribution in [3.05, 3.63) is 18.2 Å². The number of aromatic nitrogens is 2. The van der Waals surface area contributed by atoms with Gasteiger partial charge in [-0.05, 0) is 38.0 Å². The molecule has 128 valence electrons. The molecule has 0 bridgehead atoms. The van der Waals surface area contributed by atoms with Crippen LogP contribution in [-0.4, -0.2) is 51.3 Å². The number of aryl methyl sites for hydroxylation is 1. The third-order valence-corrected chi connectivity index (χ3v) is 5.63. The lowest BCUT2D eigenvalue weighted by Gasteiger charge is -2.42. The highest BCUT2D eigenvalue weighted by molar-refractivity contribution is 5.77. The summed E-state index contributed by atoms with van der Waals surface area (Å²) in [4.78, 5) is 18.7. The van der Waals surface area contributed by atoms with E-state index in [9.17, 15) is 9.90 Å². The highest BCUT2D eigenvalue weighted by Crippen LogP contribution is 2.39. The first kappa shape index (κ1) is 16.5. The van der Waals surface area contributed by atoms with Crippen LogP contribution in [0.3, 0.4) is 0 Å². The Kier molecular flexibility index (Phi) is 4.73. The summed E-state index contributed by atoms with van der Waals surface area (Å²) in [7, 11) is 3.61. The Morgan fingerprint density at radius 2 is 2.17 bits per heavy atom. The predicted molar refractivity (Wildman–Crippen MR) is 85.7 cm³/mol. The lowest BCUT2D eigenvalue weighted by Crippen LogP contribution is -2.47. The van der Waals surface area contributed by atoms with Crippen molar-refractivity contribution in [1.29, 1.82) is 0 Å². The molecular formula is C17H27N3O3. The van der Waals surface area contributed by atoms with Gasteiger partial charge in [0.15, 0.2) is 0 Å². The number of aliphatic hydroxyl groups excluding tert-OH is 1. The van der Waals surface area contributed by atoms with Gasteiger partial charge in [-0.1, -0.05) is 0 Å². The molecule has 1 aromatic heterocycles. The van der Waals surface area contributed by atoms with E-state index in [4.69, 9.17) is 4.74 Å². The number of hydrogen-bond donors (Lipinski definition) is 1. The number of amides is 1. The van der Waals surface area contributed by atoms with Crippen LogP contribution in [0.5, 0.6) is 0 Å². The van der Waals surface area contributed by atoms with Gasteiger partial charge in [-0.15, -0.1) is 0 Å². The molecule has 1 aromatic rings. The first-order valence-electron chi connectivity index (χ1n) is 8.53. The summed E-state index contributed by atoms with van der Waals surface area (Å²) >= 11 is 0. The summed E-state index contributed by atoms with van der Waals surface area (Å²) in [5, 5.41) is 10.5. The summed E-state index contributed by atoms with van der Waals surface area (Å²) in [5.41, 5.74) is -0.208. The number of carbonyl (C=O) groups is 1. The first-order chi connectivity index (χ1) is 11.0. The van der Waals surface area contributed by atoms with Crippen LogP contribution in [0.2, 0.25) is 0 Å². The van der Waals surface area contributed by atoms with Crippen LogP contribution in [-0.2, 0) is 16.6 Å². The fourth-order valence-electron chi connectivity index (χ4n) is 3.75. The zero-order chi connectivity index (χ0) is 16.4. The van der Waals surface area contributed by atoms with Crippen molar-refractivity contribution in [2.45, 2.75) is 50.2 Å². The van der Waals surface area contributed by atoms with Gasteiger partial charge >= 0.3 is 0 Å². The average molecular weight is 321 g/mol. The molecule has 1 saturated carbocycles. The number of methoxy groups -OCH3 is 1. The van der Waals surface area contributed by atoms with E-state index in [0.717, 1.165) is 32.1 Å². The Bertz CT molecular complexity index is 540. The minimum atomic E-state index is -0.552. The van der Waals surface area contributed by atoms with Gasteiger partial charge in [-0.25, -0.2) is 4.98 Å². The van der Waals surface area contributed by atoms with E-state index in [1.807, 2.05) is 22.7 Å². The summed E-state index contributed by atoms with van der Waals surface area (Å²) in [6.45, 7) is 1.43. The number of imidazole rings is 1. The minimum Gasteiger partial charge on any atom is -0.385 e. The lowest BCUT2D eigenvalue weighted by atomic mass is 9.77. The number of piperidine rings is 1. The molecule has 1 aliphatic carbocycles. The Morgan fingerprint density at radius 3 is 2.65 bits per heavy atom. The number of rotatable bonds is 5. The molecule has 6 nitrogen and oxygen atoms in total. The Morgan fingerprint density at radius 1 is 1.48 bits per heavy atom. The van der Waals surface area contributed by atoms with Gasteiger partial charge in [0.05, 0.1) is 12.0 Å². The molecule has 0 spiro atoms. The van der Waals surface area contributed by atoms with E-state index in [1.54, 1.807) is 13.3 Å². The van der Waals surface area contributed by atoms with E-state index >= 15 is 0 Å². The van der Waals surface area contributed by atoms with Crippen LogP contribution in [0.4, 0.5) is 0 Å². The molecule has 1 saturated heterocycles. The van der Waals surface area contributed by atoms with Gasteiger partial charge in [0.2, 0.25) is 5.91 Å². The highest BCUT2D eigenvalue weighted by Gasteiger charge is 2.40. The summed E-state index contributed by atoms with van der Waals surface area (Å²) < 4.78 is 7.42. The zero-order valence-corrected chi connectivity index (χ0v) is 14.1. The molecule has 1 atom stereocenters. The number of nitrogens with zero attached hydrogens (tertiary/aromatic N) is 3. The Balaban J connectivity index is 1.52. The topological polar surface area (TPSA) is 67.6 Å². The maximum Gasteiger partial charge on any atom is 0.225 e. The molecule has 1 aliphatic heterocycles. The second-order valence-corrected chi connectivity index (χ2v) is 6.98. The molecule has 6 heteroatoms. The average Bonchev–Trinajstić information content (AvgIpc) is 2.96. The van der Waals surface area contributed by atoms with Gasteiger partial charge < -0.3 is 19.3 Å². The number of likely N-dealkylation sites (tertiary alicyclic amines) is 1. The predicted octanol–water partition coefficient (Wildman–Crippen LogP) is 1.65. The molecular weight excluding hydrogens is 294 g/mol. The quantitative estimate of drug-likeness (QED) is 0.895. The third-order valence-electron chi connectivity index (χ3n) is 5.63. The Labute approximate surface area is 137 Å². The van der Waals surface area contributed by atoms with Crippen LogP contribution >= 0.6 is 0 Å². The lowest BCUT2D eigenvalue weighted by molar-refractivity contribution is -0.146. The van der Waals surface area contributed by atoms with Crippen molar-refractivity contribution in [2.24, 2.45) is 13.0 Å². The van der Waals surface area contributed by atoms with Gasteiger partial charge in [-0.2, -0.15) is 0 Å². The molecule has 23 heavy (non-hydrogen) atoms. The largest absolute Gasteiger partial charge is 0.385 e. The molecule has 0 radical (unpaired) electrons. The van der Waals surface area contributed by atoms with E-state index in [-0.39, 0.29) is 17.4 Å². The summed E-state index contributed by atoms with van der Waals surface area (Å²) in [6, 6.07) is 0. The fraction of sp³-hybridized carbons (Fsp3) is 0.765. The van der Waals surface area contributed by atoms with E-state index < -0.39 is 6.10 Å². The smallest absolute Gasteiger partial charge is 0.225 e. The monoisotopic (exact) mass is 321 g/mol. The molecule has 3 rings (SSSR count). The van der Waals surface area contributed by atoms with Gasteiger partial charge in [0, 0.05) is 39.6 Å². The fourth-order valence-corrected chi connectivity index (χ4v) is 3.75. The summed E-state index contributed by atoms with van der Waals surface area (Å²) in [6.07, 6.45) is 8.27. The van der Waals surface area contributed by atoms with Crippen molar-refractivity contribution < 1.29 is 14.6 Å². The third kappa shape index (κ3) is 3.28. The van der Waals surface area contributed by atoms with Crippen LogP contribution in [0.25, 0.3) is 0 Å². The van der Waals surface area contributed by atoms with Crippen LogP contribution < -0.4 is 0 Å². The van der Waals surface area contributed by atoms with Crippen LogP contribution in [0.1, 0.15) is 50.5 Å². The van der Waals surface area contributed by atoms with E-state index in [1.165, 1.54) is 0 Å². The van der Waals surface area contributed by atoms with Crippen molar-refractivity contribution in [3.63, 3.8) is 0 Å². The maximum absolute atomic E-state index is 12.5. The number of aliphatic hydroxyl groups is 1. The van der Waals surface area contributed by atoms with E-state index in [0.29, 0.717) is 25.3 Å². The number of ether oxygens (including phenoxy) is 1. The molecule has 1 amide bonds. The molecule has 1 N–H and O–H groups in total. The van der Waals surface area contributed by atoms with Crippen LogP contribution in [0.15, 0.2) is 12.4 Å². The number of carbonyl (C=O) groups excluding carboxylic acids is 1. The summed E-state index contributed by atoms with van der Waals surface area (Å²) in [5.74, 6) is 1.07. The van der Waals surface area contributed by atoms with Gasteiger partial charge in [-0.3, -0.25) is 4.79 Å². The van der Waals surface area contributed by atoms with Crippen molar-refractivity contribution in [1.82, 2.24) is 14.5 Å². The maximum atomic E-state index is 12.5. The van der Waals surface area contributed by atoms with E-state index in [2.05, 4.69) is 4.98 Å². The number of hydrogen-bond acceptors (Lipinski definition) is 4. The second kappa shape index (κ2) is 6.61. The zero-order valence-electron chi connectivity index (χ0n) is 14.1. The van der Waals surface area contributed by atoms with Crippen molar-refractivity contribution in [3.8, 4) is 0 Å². The molecule has 2 aliphatic rings. The van der Waals surface area contributed by atoms with Crippen LogP contribution in [0, 0.1) is 5.92 Å². The molecule has 0 aromatic carbocycles. The first-order valence-corrected chi connectivity index (χ1v) is 8.53. The highest BCUT2D eigenvalue weighted by atomic mass is 16.5. The molecule has 2 heterocycles. The van der Waals surface area contributed by atoms with Crippen molar-refractivity contribution >= 4 is 5.91 Å². The standard InChI is InChI=1S/C17H27N3O3/c1-19-11-8-18-16(19)15(22)13-4-9-20(10-5-13)14(21)12-17(23-2)6-3-7-17/h8,11,13,15,22H,3-7,9-10,12H2,1-2H3. The molecule has 1 unspecified atom stereocenters. The van der Waals surface area contributed by atoms with Gasteiger partial charge in [0.1, 0.15) is 11.9 Å². The normalized spacial score (nSPS) is 22.7. The molecule has 2 fully saturated rings. The minimum absolute atomic E-state index is 0.167. The second-order valence-electron chi connectivity index (χ2n) is 6.98. The Hall–Kier alpha value is -1.40. The van der Waals surface area contributed by atoms with Crippen molar-refractivity contribution in [2.75, 3.05) is 20.2 Å².